The van der Waals surface area contributed by atoms with Gasteiger partial charge in [-0.1, -0.05) is 29.3 Å². The highest BCUT2D eigenvalue weighted by molar-refractivity contribution is 9.10. The molecule has 8 heteroatoms. The molecular formula is C16H17BrCl2N4O. The fraction of sp³-hybridized carbons (Fsp3) is 0.375. The topological polar surface area (TPSA) is 41.4 Å². The molecule has 5 nitrogen and oxygen atoms in total. The molecule has 128 valence electrons. The Labute approximate surface area is 159 Å². The van der Waals surface area contributed by atoms with Crippen LogP contribution in [0.5, 0.6) is 0 Å². The van der Waals surface area contributed by atoms with Gasteiger partial charge in [0, 0.05) is 49.0 Å². The Morgan fingerprint density at radius 3 is 2.58 bits per heavy atom. The molecule has 1 amide bonds. The van der Waals surface area contributed by atoms with E-state index < -0.39 is 0 Å². The molecule has 0 aliphatic carbocycles. The number of rotatable bonds is 4. The van der Waals surface area contributed by atoms with Crippen LogP contribution in [0, 0.1) is 0 Å². The zero-order chi connectivity index (χ0) is 17.1. The van der Waals surface area contributed by atoms with E-state index in [2.05, 4.69) is 25.9 Å². The number of hydrogen-bond acceptors (Lipinski definition) is 3. The first-order chi connectivity index (χ1) is 11.5. The van der Waals surface area contributed by atoms with Crippen LogP contribution in [0.3, 0.4) is 0 Å². The second kappa shape index (κ2) is 7.87. The summed E-state index contributed by atoms with van der Waals surface area (Å²) < 4.78 is 2.52. The lowest BCUT2D eigenvalue weighted by Gasteiger charge is -2.34. The van der Waals surface area contributed by atoms with E-state index in [0.29, 0.717) is 23.1 Å². The van der Waals surface area contributed by atoms with Crippen LogP contribution in [0.4, 0.5) is 0 Å². The molecule has 2 heterocycles. The molecule has 24 heavy (non-hydrogen) atoms. The number of hydrogen-bond donors (Lipinski definition) is 0. The molecule has 0 radical (unpaired) electrons. The standard InChI is InChI=1S/C16H17BrCl2N4O/c17-13-8-20-23(10-13)11-16(24)22-5-3-21(4-6-22)9-12-1-2-14(18)7-15(12)19/h1-2,7-8,10H,3-6,9,11H2. The second-order valence-electron chi connectivity index (χ2n) is 5.75. The summed E-state index contributed by atoms with van der Waals surface area (Å²) in [6, 6.07) is 5.57. The lowest BCUT2D eigenvalue weighted by atomic mass is 10.2. The summed E-state index contributed by atoms with van der Waals surface area (Å²) in [5, 5.41) is 5.45. The number of nitrogens with zero attached hydrogens (tertiary/aromatic N) is 4. The van der Waals surface area contributed by atoms with E-state index in [-0.39, 0.29) is 12.5 Å². The summed E-state index contributed by atoms with van der Waals surface area (Å²) in [6.07, 6.45) is 3.48. The Morgan fingerprint density at radius 2 is 1.96 bits per heavy atom. The van der Waals surface area contributed by atoms with Gasteiger partial charge in [0.15, 0.2) is 0 Å². The van der Waals surface area contributed by atoms with Crippen LogP contribution in [0.1, 0.15) is 5.56 Å². The van der Waals surface area contributed by atoms with Crippen LogP contribution in [0.2, 0.25) is 10.0 Å². The van der Waals surface area contributed by atoms with Crippen molar-refractivity contribution in [1.29, 1.82) is 0 Å². The van der Waals surface area contributed by atoms with Crippen LogP contribution < -0.4 is 0 Å². The van der Waals surface area contributed by atoms with E-state index in [1.807, 2.05) is 17.0 Å². The number of amides is 1. The Balaban J connectivity index is 1.51. The van der Waals surface area contributed by atoms with Gasteiger partial charge in [-0.2, -0.15) is 5.10 Å². The van der Waals surface area contributed by atoms with Crippen molar-refractivity contribution in [3.8, 4) is 0 Å². The summed E-state index contributed by atoms with van der Waals surface area (Å²) in [7, 11) is 0. The van der Waals surface area contributed by atoms with Gasteiger partial charge >= 0.3 is 0 Å². The summed E-state index contributed by atoms with van der Waals surface area (Å²) in [6.45, 7) is 4.12. The minimum atomic E-state index is 0.0924. The molecule has 3 rings (SSSR count). The molecule has 2 aromatic rings. The van der Waals surface area contributed by atoms with E-state index in [9.17, 15) is 4.79 Å². The van der Waals surface area contributed by atoms with Crippen molar-refractivity contribution in [2.24, 2.45) is 0 Å². The van der Waals surface area contributed by atoms with Gasteiger partial charge in [-0.15, -0.1) is 0 Å². The summed E-state index contributed by atoms with van der Waals surface area (Å²) in [4.78, 5) is 16.5. The van der Waals surface area contributed by atoms with Gasteiger partial charge in [0.2, 0.25) is 5.91 Å². The maximum Gasteiger partial charge on any atom is 0.244 e. The molecule has 0 N–H and O–H groups in total. The minimum absolute atomic E-state index is 0.0924. The molecule has 1 aromatic carbocycles. The van der Waals surface area contributed by atoms with Gasteiger partial charge in [-0.3, -0.25) is 14.4 Å². The van der Waals surface area contributed by atoms with E-state index >= 15 is 0 Å². The SMILES string of the molecule is O=C(Cn1cc(Br)cn1)N1CCN(Cc2ccc(Cl)cc2Cl)CC1. The van der Waals surface area contributed by atoms with Crippen LogP contribution in [0.15, 0.2) is 35.1 Å². The average Bonchev–Trinajstić information content (AvgIpc) is 2.96. The smallest absolute Gasteiger partial charge is 0.244 e. The number of piperazine rings is 1. The lowest BCUT2D eigenvalue weighted by molar-refractivity contribution is -0.133. The molecule has 1 aromatic heterocycles. The summed E-state index contributed by atoms with van der Waals surface area (Å²) >= 11 is 15.5. The van der Waals surface area contributed by atoms with E-state index in [1.165, 1.54) is 0 Å². The third-order valence-electron chi connectivity index (χ3n) is 4.03. The highest BCUT2D eigenvalue weighted by atomic mass is 79.9. The zero-order valence-corrected chi connectivity index (χ0v) is 16.1. The largest absolute Gasteiger partial charge is 0.339 e. The molecule has 0 saturated carbocycles. The normalized spacial score (nSPS) is 15.7. The highest BCUT2D eigenvalue weighted by Gasteiger charge is 2.22. The molecular weight excluding hydrogens is 415 g/mol. The number of aromatic nitrogens is 2. The van der Waals surface area contributed by atoms with Gasteiger partial charge in [0.25, 0.3) is 0 Å². The Morgan fingerprint density at radius 1 is 1.21 bits per heavy atom. The van der Waals surface area contributed by atoms with Crippen LogP contribution in [-0.4, -0.2) is 51.7 Å². The summed E-state index contributed by atoms with van der Waals surface area (Å²) in [5.41, 5.74) is 1.06. The Bertz CT molecular complexity index is 729. The van der Waals surface area contributed by atoms with Crippen LogP contribution >= 0.6 is 39.1 Å². The molecule has 1 saturated heterocycles. The van der Waals surface area contributed by atoms with Crippen molar-refractivity contribution < 1.29 is 4.79 Å². The Kier molecular flexibility index (Phi) is 5.81. The predicted molar refractivity (Wildman–Crippen MR) is 98.2 cm³/mol. The first-order valence-corrected chi connectivity index (χ1v) is 9.18. The van der Waals surface area contributed by atoms with Crippen molar-refractivity contribution in [2.45, 2.75) is 13.1 Å². The van der Waals surface area contributed by atoms with Crippen molar-refractivity contribution in [3.05, 3.63) is 50.7 Å². The van der Waals surface area contributed by atoms with Crippen molar-refractivity contribution in [1.82, 2.24) is 19.6 Å². The van der Waals surface area contributed by atoms with E-state index in [4.69, 9.17) is 23.2 Å². The average molecular weight is 432 g/mol. The second-order valence-corrected chi connectivity index (χ2v) is 7.51. The zero-order valence-electron chi connectivity index (χ0n) is 13.0. The third kappa shape index (κ3) is 4.51. The van der Waals surface area contributed by atoms with Gasteiger partial charge in [0.05, 0.1) is 10.7 Å². The van der Waals surface area contributed by atoms with E-state index in [0.717, 1.165) is 29.7 Å². The third-order valence-corrected chi connectivity index (χ3v) is 5.03. The Hall–Kier alpha value is -1.08. The molecule has 0 bridgehead atoms. The first kappa shape index (κ1) is 17.7. The van der Waals surface area contributed by atoms with Crippen molar-refractivity contribution in [3.63, 3.8) is 0 Å². The monoisotopic (exact) mass is 430 g/mol. The van der Waals surface area contributed by atoms with Gasteiger partial charge < -0.3 is 4.90 Å². The number of carbonyl (C=O) groups is 1. The number of halogens is 3. The van der Waals surface area contributed by atoms with Crippen molar-refractivity contribution in [2.75, 3.05) is 26.2 Å². The lowest BCUT2D eigenvalue weighted by Crippen LogP contribution is -2.49. The molecule has 1 aliphatic rings. The highest BCUT2D eigenvalue weighted by Crippen LogP contribution is 2.22. The van der Waals surface area contributed by atoms with E-state index in [1.54, 1.807) is 23.1 Å². The molecule has 0 unspecified atom stereocenters. The maximum atomic E-state index is 12.3. The van der Waals surface area contributed by atoms with Crippen LogP contribution in [0.25, 0.3) is 0 Å². The number of carbonyl (C=O) groups excluding carboxylic acids is 1. The predicted octanol–water partition coefficient (Wildman–Crippen LogP) is 3.30. The minimum Gasteiger partial charge on any atom is -0.339 e. The quantitative estimate of drug-likeness (QED) is 0.745. The van der Waals surface area contributed by atoms with Crippen LogP contribution in [-0.2, 0) is 17.9 Å². The van der Waals surface area contributed by atoms with Gasteiger partial charge in [0.1, 0.15) is 6.54 Å². The maximum absolute atomic E-state index is 12.3. The molecule has 0 spiro atoms. The number of benzene rings is 1. The van der Waals surface area contributed by atoms with Gasteiger partial charge in [-0.25, -0.2) is 0 Å². The molecule has 1 fully saturated rings. The fourth-order valence-corrected chi connectivity index (χ4v) is 3.51. The first-order valence-electron chi connectivity index (χ1n) is 7.63. The van der Waals surface area contributed by atoms with Gasteiger partial charge in [-0.05, 0) is 33.6 Å². The summed E-state index contributed by atoms with van der Waals surface area (Å²) in [5.74, 6) is 0.0924. The molecule has 0 atom stereocenters. The fourth-order valence-electron chi connectivity index (χ4n) is 2.71. The van der Waals surface area contributed by atoms with Crippen molar-refractivity contribution >= 4 is 45.0 Å². The molecule has 1 aliphatic heterocycles.